The highest BCUT2D eigenvalue weighted by Crippen LogP contribution is 2.27. The van der Waals surface area contributed by atoms with Crippen molar-refractivity contribution in [3.05, 3.63) is 11.8 Å². The van der Waals surface area contributed by atoms with E-state index in [1.165, 1.54) is 0 Å². The van der Waals surface area contributed by atoms with Gasteiger partial charge in [0.25, 0.3) is 5.92 Å². The van der Waals surface area contributed by atoms with E-state index in [0.717, 1.165) is 0 Å². The lowest BCUT2D eigenvalue weighted by Gasteiger charge is -2.12. The lowest BCUT2D eigenvalue weighted by atomic mass is 9.93. The normalized spacial score (nSPS) is 21.4. The number of carbonyl (C=O) groups excluding carboxylic acids is 1. The molecule has 0 aromatic carbocycles. The molecule has 0 aliphatic carbocycles. The molecule has 1 fully saturated rings. The fraction of sp³-hybridized carbons (Fsp3) is 0.667. The van der Waals surface area contributed by atoms with Gasteiger partial charge in [0.05, 0.1) is 12.6 Å². The van der Waals surface area contributed by atoms with Gasteiger partial charge in [-0.25, -0.2) is 8.78 Å². The van der Waals surface area contributed by atoms with Gasteiger partial charge in [-0.1, -0.05) is 25.9 Å². The molecule has 1 aliphatic heterocycles. The van der Waals surface area contributed by atoms with Crippen molar-refractivity contribution in [2.75, 3.05) is 11.9 Å². The Morgan fingerprint density at radius 3 is 2.65 bits per heavy atom. The molecule has 0 unspecified atom stereocenters. The number of alkyl halides is 2. The average molecular weight is 310 g/mol. The van der Waals surface area contributed by atoms with Crippen LogP contribution in [0.5, 0.6) is 0 Å². The van der Waals surface area contributed by atoms with E-state index >= 15 is 0 Å². The van der Waals surface area contributed by atoms with Crippen LogP contribution in [0.15, 0.2) is 10.6 Å². The van der Waals surface area contributed by atoms with E-state index < -0.39 is 30.8 Å². The van der Waals surface area contributed by atoms with Gasteiger partial charge in [-0.15, -0.1) is 12.4 Å². The third-order valence-corrected chi connectivity index (χ3v) is 2.93. The molecule has 1 aliphatic rings. The Kier molecular flexibility index (Phi) is 4.76. The van der Waals surface area contributed by atoms with Crippen LogP contribution >= 0.6 is 12.4 Å². The zero-order valence-corrected chi connectivity index (χ0v) is 12.3. The molecule has 1 amide bonds. The van der Waals surface area contributed by atoms with Gasteiger partial charge in [0.15, 0.2) is 5.82 Å². The molecule has 20 heavy (non-hydrogen) atoms. The molecule has 2 heterocycles. The van der Waals surface area contributed by atoms with Crippen LogP contribution in [0.1, 0.15) is 33.0 Å². The van der Waals surface area contributed by atoms with Gasteiger partial charge in [0.1, 0.15) is 5.76 Å². The molecule has 1 atom stereocenters. The Hall–Kier alpha value is -1.21. The van der Waals surface area contributed by atoms with Crippen molar-refractivity contribution in [2.24, 2.45) is 0 Å². The zero-order valence-electron chi connectivity index (χ0n) is 11.5. The Bertz CT molecular complexity index is 485. The van der Waals surface area contributed by atoms with Crippen LogP contribution in [0.3, 0.4) is 0 Å². The summed E-state index contributed by atoms with van der Waals surface area (Å²) in [6, 6.07) is 0.704. The van der Waals surface area contributed by atoms with Gasteiger partial charge >= 0.3 is 0 Å². The summed E-state index contributed by atoms with van der Waals surface area (Å²) in [6.45, 7) is 5.35. The van der Waals surface area contributed by atoms with Crippen molar-refractivity contribution in [3.63, 3.8) is 0 Å². The first-order chi connectivity index (χ1) is 8.67. The Morgan fingerprint density at radius 1 is 1.55 bits per heavy atom. The minimum atomic E-state index is -2.83. The van der Waals surface area contributed by atoms with Crippen LogP contribution in [0.25, 0.3) is 0 Å². The highest BCUT2D eigenvalue weighted by atomic mass is 35.5. The number of nitrogens with one attached hydrogen (secondary N) is 2. The summed E-state index contributed by atoms with van der Waals surface area (Å²) < 4.78 is 31.1. The van der Waals surface area contributed by atoms with Crippen LogP contribution in [-0.2, 0) is 10.2 Å². The summed E-state index contributed by atoms with van der Waals surface area (Å²) in [7, 11) is 0. The van der Waals surface area contributed by atoms with Crippen molar-refractivity contribution < 1.29 is 18.1 Å². The number of hydrogen-bond acceptors (Lipinski definition) is 4. The third-order valence-electron chi connectivity index (χ3n) is 2.93. The molecule has 8 heteroatoms. The van der Waals surface area contributed by atoms with E-state index in [1.807, 2.05) is 20.8 Å². The summed E-state index contributed by atoms with van der Waals surface area (Å²) in [5.74, 6) is -2.49. The van der Waals surface area contributed by atoms with E-state index in [-0.39, 0.29) is 23.6 Å². The maximum Gasteiger partial charge on any atom is 0.262 e. The van der Waals surface area contributed by atoms with Crippen molar-refractivity contribution >= 4 is 24.1 Å². The molecule has 114 valence electrons. The van der Waals surface area contributed by atoms with Crippen molar-refractivity contribution in [2.45, 2.75) is 44.6 Å². The van der Waals surface area contributed by atoms with Crippen LogP contribution in [0.2, 0.25) is 0 Å². The maximum absolute atomic E-state index is 13.0. The number of anilines is 1. The molecule has 1 saturated heterocycles. The Balaban J connectivity index is 0.00000200. The number of nitrogens with zero attached hydrogens (tertiary/aromatic N) is 1. The van der Waals surface area contributed by atoms with Gasteiger partial charge in [-0.05, 0) is 0 Å². The first kappa shape index (κ1) is 16.8. The average Bonchev–Trinajstić information content (AvgIpc) is 2.83. The molecule has 0 saturated carbocycles. The Morgan fingerprint density at radius 2 is 2.20 bits per heavy atom. The summed E-state index contributed by atoms with van der Waals surface area (Å²) in [4.78, 5) is 11.8. The van der Waals surface area contributed by atoms with E-state index in [2.05, 4.69) is 15.8 Å². The van der Waals surface area contributed by atoms with E-state index in [9.17, 15) is 13.6 Å². The monoisotopic (exact) mass is 309 g/mol. The number of carbonyl (C=O) groups is 1. The first-order valence-electron chi connectivity index (χ1n) is 6.07. The smallest absolute Gasteiger partial charge is 0.262 e. The first-order valence-corrected chi connectivity index (χ1v) is 6.07. The minimum Gasteiger partial charge on any atom is -0.359 e. The van der Waals surface area contributed by atoms with Crippen molar-refractivity contribution in [1.82, 2.24) is 10.5 Å². The summed E-state index contributed by atoms with van der Waals surface area (Å²) in [6.07, 6.45) is -0.497. The largest absolute Gasteiger partial charge is 0.359 e. The zero-order chi connectivity index (χ0) is 14.3. The number of halogens is 3. The maximum atomic E-state index is 13.0. The van der Waals surface area contributed by atoms with Gasteiger partial charge in [0.2, 0.25) is 5.91 Å². The number of rotatable bonds is 2. The van der Waals surface area contributed by atoms with Gasteiger partial charge in [0, 0.05) is 17.9 Å². The minimum absolute atomic E-state index is 0. The number of aromatic nitrogens is 1. The molecule has 0 radical (unpaired) electrons. The molecule has 2 N–H and O–H groups in total. The van der Waals surface area contributed by atoms with Gasteiger partial charge in [-0.2, -0.15) is 0 Å². The topological polar surface area (TPSA) is 67.2 Å². The molecule has 0 bridgehead atoms. The Labute approximate surface area is 121 Å². The van der Waals surface area contributed by atoms with Crippen molar-refractivity contribution in [1.29, 1.82) is 0 Å². The second-order valence-corrected chi connectivity index (χ2v) is 5.81. The predicted octanol–water partition coefficient (Wildman–Crippen LogP) is 2.33. The second kappa shape index (κ2) is 5.65. The second-order valence-electron chi connectivity index (χ2n) is 5.81. The molecule has 5 nitrogen and oxygen atoms in total. The summed E-state index contributed by atoms with van der Waals surface area (Å²) in [5.41, 5.74) is -0.228. The quantitative estimate of drug-likeness (QED) is 0.880. The van der Waals surface area contributed by atoms with Crippen LogP contribution in [0, 0.1) is 0 Å². The highest BCUT2D eigenvalue weighted by Gasteiger charge is 2.42. The summed E-state index contributed by atoms with van der Waals surface area (Å²) >= 11 is 0. The molecule has 0 spiro atoms. The lowest BCUT2D eigenvalue weighted by Crippen LogP contribution is -2.35. The van der Waals surface area contributed by atoms with Crippen LogP contribution < -0.4 is 10.6 Å². The number of amides is 1. The number of hydrogen-bond donors (Lipinski definition) is 2. The van der Waals surface area contributed by atoms with E-state index in [4.69, 9.17) is 4.52 Å². The predicted molar refractivity (Wildman–Crippen MR) is 72.4 cm³/mol. The fourth-order valence-electron chi connectivity index (χ4n) is 1.80. The third kappa shape index (κ3) is 3.89. The standard InChI is InChI=1S/C12H17F2N3O2.ClH/c1-11(2,3)8-4-9(17-19-8)16-10(18)7-5-12(13,14)6-15-7;/h4,7,15H,5-6H2,1-3H3,(H,16,17,18);1H/t7-;/m0./s1. The summed E-state index contributed by atoms with van der Waals surface area (Å²) in [5, 5.41) is 8.67. The molecule has 1 aromatic heterocycles. The van der Waals surface area contributed by atoms with Gasteiger partial charge < -0.3 is 9.84 Å². The SMILES string of the molecule is CC(C)(C)c1cc(NC(=O)[C@@H]2CC(F)(F)CN2)no1.Cl. The molecule has 1 aromatic rings. The van der Waals surface area contributed by atoms with Crippen LogP contribution in [-0.4, -0.2) is 29.6 Å². The highest BCUT2D eigenvalue weighted by molar-refractivity contribution is 5.94. The molecular weight excluding hydrogens is 292 g/mol. The van der Waals surface area contributed by atoms with Gasteiger partial charge in [-0.3, -0.25) is 10.1 Å². The molecular formula is C12H18ClF2N3O2. The fourth-order valence-corrected chi connectivity index (χ4v) is 1.80. The van der Waals surface area contributed by atoms with Crippen molar-refractivity contribution in [3.8, 4) is 0 Å². The lowest BCUT2D eigenvalue weighted by molar-refractivity contribution is -0.118. The molecule has 2 rings (SSSR count). The van der Waals surface area contributed by atoms with E-state index in [0.29, 0.717) is 5.76 Å². The van der Waals surface area contributed by atoms with E-state index in [1.54, 1.807) is 6.07 Å². The van der Waals surface area contributed by atoms with Crippen LogP contribution in [0.4, 0.5) is 14.6 Å².